The molecule has 1 amide bonds. The van der Waals surface area contributed by atoms with E-state index in [4.69, 9.17) is 5.10 Å². The molecule has 4 aromatic rings. The summed E-state index contributed by atoms with van der Waals surface area (Å²) < 4.78 is 1.88. The van der Waals surface area contributed by atoms with E-state index in [2.05, 4.69) is 48.6 Å². The monoisotopic (exact) mass is 425 g/mol. The normalized spacial score (nSPS) is 12.5. The van der Waals surface area contributed by atoms with Crippen molar-refractivity contribution < 1.29 is 4.79 Å². The molecule has 0 spiro atoms. The van der Waals surface area contributed by atoms with E-state index in [0.29, 0.717) is 6.42 Å². The number of carbonyl (C=O) groups excluding carboxylic acids is 1. The van der Waals surface area contributed by atoms with E-state index in [1.807, 2.05) is 58.9 Å². The summed E-state index contributed by atoms with van der Waals surface area (Å²) in [6.07, 6.45) is 0.329. The fourth-order valence-corrected chi connectivity index (χ4v) is 4.93. The van der Waals surface area contributed by atoms with Crippen LogP contribution in [0.15, 0.2) is 78.9 Å². The third-order valence-corrected chi connectivity index (χ3v) is 6.45. The van der Waals surface area contributed by atoms with Crippen molar-refractivity contribution in [2.75, 3.05) is 5.32 Å². The van der Waals surface area contributed by atoms with Gasteiger partial charge in [0.15, 0.2) is 0 Å². The van der Waals surface area contributed by atoms with E-state index in [1.54, 1.807) is 0 Å². The average molecular weight is 426 g/mol. The van der Waals surface area contributed by atoms with E-state index in [-0.39, 0.29) is 5.91 Å². The number of aromatic nitrogens is 2. The molecule has 2 heterocycles. The molecule has 0 atom stereocenters. The predicted octanol–water partition coefficient (Wildman–Crippen LogP) is 5.78. The summed E-state index contributed by atoms with van der Waals surface area (Å²) in [5, 5.41) is 7.94. The van der Waals surface area contributed by atoms with Crippen LogP contribution in [0.3, 0.4) is 0 Å². The Hall–Kier alpha value is -3.31. The van der Waals surface area contributed by atoms with Crippen molar-refractivity contribution in [1.82, 2.24) is 9.78 Å². The number of carbonyl (C=O) groups is 1. The first-order valence-electron chi connectivity index (χ1n) is 10.4. The molecular weight excluding hydrogens is 402 g/mol. The number of rotatable bonds is 5. The molecule has 0 radical (unpaired) electrons. The predicted molar refractivity (Wildman–Crippen MR) is 128 cm³/mol. The van der Waals surface area contributed by atoms with Crippen LogP contribution in [-0.4, -0.2) is 15.7 Å². The number of hydrogen-bond acceptors (Lipinski definition) is 3. The molecule has 31 heavy (non-hydrogen) atoms. The number of benzene rings is 3. The molecule has 1 aromatic heterocycles. The smallest absolute Gasteiger partial charge is 0.229 e. The Kier molecular flexibility index (Phi) is 5.35. The zero-order chi connectivity index (χ0) is 21.2. The Bertz CT molecular complexity index is 1230. The minimum atomic E-state index is -0.0269. The third-order valence-electron chi connectivity index (χ3n) is 5.48. The van der Waals surface area contributed by atoms with Crippen LogP contribution < -0.4 is 5.32 Å². The van der Waals surface area contributed by atoms with Crippen LogP contribution in [0.25, 0.3) is 16.8 Å². The van der Waals surface area contributed by atoms with Gasteiger partial charge < -0.3 is 5.32 Å². The minimum absolute atomic E-state index is 0.0269. The maximum atomic E-state index is 12.9. The molecule has 0 aliphatic carbocycles. The van der Waals surface area contributed by atoms with E-state index in [0.717, 1.165) is 45.4 Å². The summed E-state index contributed by atoms with van der Waals surface area (Å²) in [4.78, 5) is 12.9. The third kappa shape index (κ3) is 4.14. The maximum Gasteiger partial charge on any atom is 0.229 e. The van der Waals surface area contributed by atoms with Crippen molar-refractivity contribution in [2.45, 2.75) is 24.9 Å². The first kappa shape index (κ1) is 19.6. The van der Waals surface area contributed by atoms with Gasteiger partial charge in [0, 0.05) is 17.1 Å². The van der Waals surface area contributed by atoms with Gasteiger partial charge in [0.05, 0.1) is 17.8 Å². The highest BCUT2D eigenvalue weighted by molar-refractivity contribution is 7.98. The maximum absolute atomic E-state index is 12.9. The molecule has 1 aliphatic heterocycles. The standard InChI is InChI=1S/C26H23N3OS/c1-18-6-5-9-22(14-18)29-26(23-16-31-17-24(23)28-29)27-25(30)15-19-10-12-21(13-11-19)20-7-3-2-4-8-20/h2-14H,15-17H2,1H3,(H,27,30). The first-order chi connectivity index (χ1) is 15.2. The Balaban J connectivity index is 1.36. The molecule has 154 valence electrons. The number of thioether (sulfide) groups is 1. The van der Waals surface area contributed by atoms with Crippen molar-refractivity contribution in [2.24, 2.45) is 0 Å². The topological polar surface area (TPSA) is 46.9 Å². The van der Waals surface area contributed by atoms with Crippen molar-refractivity contribution in [3.05, 3.63) is 101 Å². The molecule has 0 saturated heterocycles. The van der Waals surface area contributed by atoms with Crippen molar-refractivity contribution in [1.29, 1.82) is 0 Å². The lowest BCUT2D eigenvalue weighted by atomic mass is 10.0. The number of nitrogens with zero attached hydrogens (tertiary/aromatic N) is 2. The summed E-state index contributed by atoms with van der Waals surface area (Å²) in [6.45, 7) is 2.06. The Labute approximate surface area is 186 Å². The number of nitrogens with one attached hydrogen (secondary N) is 1. The van der Waals surface area contributed by atoms with Gasteiger partial charge in [-0.15, -0.1) is 0 Å². The number of hydrogen-bond donors (Lipinski definition) is 1. The van der Waals surface area contributed by atoms with Crippen LogP contribution in [0.2, 0.25) is 0 Å². The molecule has 0 bridgehead atoms. The molecular formula is C26H23N3OS. The summed E-state index contributed by atoms with van der Waals surface area (Å²) in [5.74, 6) is 2.54. The second-order valence-corrected chi connectivity index (χ2v) is 8.79. The molecule has 0 saturated carbocycles. The van der Waals surface area contributed by atoms with Crippen molar-refractivity contribution >= 4 is 23.5 Å². The molecule has 1 aliphatic rings. The van der Waals surface area contributed by atoms with E-state index in [9.17, 15) is 4.79 Å². The van der Waals surface area contributed by atoms with Gasteiger partial charge in [-0.05, 0) is 41.3 Å². The quantitative estimate of drug-likeness (QED) is 0.441. The van der Waals surface area contributed by atoms with Gasteiger partial charge in [-0.2, -0.15) is 16.9 Å². The van der Waals surface area contributed by atoms with Crippen LogP contribution in [-0.2, 0) is 22.7 Å². The molecule has 5 rings (SSSR count). The SMILES string of the molecule is Cc1cccc(-n2nc3c(c2NC(=O)Cc2ccc(-c4ccccc4)cc2)CSC3)c1. The van der Waals surface area contributed by atoms with Crippen LogP contribution in [0.4, 0.5) is 5.82 Å². The zero-order valence-electron chi connectivity index (χ0n) is 17.3. The highest BCUT2D eigenvalue weighted by atomic mass is 32.2. The largest absolute Gasteiger partial charge is 0.310 e. The van der Waals surface area contributed by atoms with Gasteiger partial charge in [0.25, 0.3) is 0 Å². The highest BCUT2D eigenvalue weighted by Gasteiger charge is 2.24. The Morgan fingerprint density at radius 2 is 1.74 bits per heavy atom. The summed E-state index contributed by atoms with van der Waals surface area (Å²) in [6, 6.07) is 26.7. The van der Waals surface area contributed by atoms with E-state index in [1.165, 1.54) is 11.1 Å². The first-order valence-corrected chi connectivity index (χ1v) is 11.5. The average Bonchev–Trinajstić information content (AvgIpc) is 3.38. The number of anilines is 1. The van der Waals surface area contributed by atoms with Crippen LogP contribution in [0.1, 0.15) is 22.4 Å². The molecule has 3 aromatic carbocycles. The lowest BCUT2D eigenvalue weighted by Crippen LogP contribution is -2.18. The Morgan fingerprint density at radius 1 is 0.968 bits per heavy atom. The van der Waals surface area contributed by atoms with E-state index >= 15 is 0 Å². The zero-order valence-corrected chi connectivity index (χ0v) is 18.2. The minimum Gasteiger partial charge on any atom is -0.310 e. The lowest BCUT2D eigenvalue weighted by Gasteiger charge is -2.12. The van der Waals surface area contributed by atoms with Gasteiger partial charge in [-0.3, -0.25) is 4.79 Å². The van der Waals surface area contributed by atoms with E-state index < -0.39 is 0 Å². The molecule has 0 unspecified atom stereocenters. The summed E-state index contributed by atoms with van der Waals surface area (Å²) in [5.41, 5.74) is 7.66. The van der Waals surface area contributed by atoms with Gasteiger partial charge in [-0.25, -0.2) is 4.68 Å². The molecule has 5 heteroatoms. The van der Waals surface area contributed by atoms with Gasteiger partial charge in [-0.1, -0.05) is 66.7 Å². The van der Waals surface area contributed by atoms with Gasteiger partial charge >= 0.3 is 0 Å². The fourth-order valence-electron chi connectivity index (χ4n) is 3.90. The second-order valence-electron chi connectivity index (χ2n) is 7.81. The number of amides is 1. The Morgan fingerprint density at radius 3 is 2.52 bits per heavy atom. The second kappa shape index (κ2) is 8.44. The molecule has 1 N–H and O–H groups in total. The highest BCUT2D eigenvalue weighted by Crippen LogP contribution is 2.36. The summed E-state index contributed by atoms with van der Waals surface area (Å²) in [7, 11) is 0. The van der Waals surface area contributed by atoms with Crippen LogP contribution in [0, 0.1) is 6.92 Å². The van der Waals surface area contributed by atoms with Crippen LogP contribution >= 0.6 is 11.8 Å². The summed E-state index contributed by atoms with van der Waals surface area (Å²) >= 11 is 1.83. The number of fused-ring (bicyclic) bond motifs is 1. The lowest BCUT2D eigenvalue weighted by molar-refractivity contribution is -0.115. The molecule has 0 fully saturated rings. The fraction of sp³-hybridized carbons (Fsp3) is 0.154. The molecule has 4 nitrogen and oxygen atoms in total. The van der Waals surface area contributed by atoms with Crippen molar-refractivity contribution in [3.8, 4) is 16.8 Å². The number of aryl methyl sites for hydroxylation is 1. The van der Waals surface area contributed by atoms with Crippen molar-refractivity contribution in [3.63, 3.8) is 0 Å². The van der Waals surface area contributed by atoms with Crippen LogP contribution in [0.5, 0.6) is 0 Å². The van der Waals surface area contributed by atoms with Gasteiger partial charge in [0.1, 0.15) is 5.82 Å². The van der Waals surface area contributed by atoms with Gasteiger partial charge in [0.2, 0.25) is 5.91 Å².